The van der Waals surface area contributed by atoms with Crippen LogP contribution >= 0.6 is 0 Å². The Hall–Kier alpha value is -1.35. The lowest BCUT2D eigenvalue weighted by molar-refractivity contribution is -0.133. The van der Waals surface area contributed by atoms with Gasteiger partial charge in [0.2, 0.25) is 5.91 Å². The van der Waals surface area contributed by atoms with E-state index in [0.717, 1.165) is 38.9 Å². The van der Waals surface area contributed by atoms with Crippen LogP contribution in [0.2, 0.25) is 0 Å². The summed E-state index contributed by atoms with van der Waals surface area (Å²) < 4.78 is 0. The van der Waals surface area contributed by atoms with E-state index in [-0.39, 0.29) is 0 Å². The van der Waals surface area contributed by atoms with Crippen molar-refractivity contribution < 1.29 is 4.79 Å². The predicted molar refractivity (Wildman–Crippen MR) is 99.2 cm³/mol. The molecule has 0 bridgehead atoms. The zero-order valence-corrected chi connectivity index (χ0v) is 15.2. The molecule has 1 aliphatic heterocycles. The fourth-order valence-corrected chi connectivity index (χ4v) is 4.26. The predicted octanol–water partition coefficient (Wildman–Crippen LogP) is 3.66. The molecule has 132 valence electrons. The minimum absolute atomic E-state index is 0.351. The minimum atomic E-state index is 0.351. The first-order valence-electron chi connectivity index (χ1n) is 9.86. The molecule has 0 N–H and O–H groups in total. The lowest BCUT2D eigenvalue weighted by Gasteiger charge is -2.36. The van der Waals surface area contributed by atoms with Crippen molar-refractivity contribution in [3.05, 3.63) is 35.4 Å². The number of likely N-dealkylation sites (tertiary alicyclic amines) is 1. The van der Waals surface area contributed by atoms with Gasteiger partial charge in [-0.1, -0.05) is 44.0 Å². The van der Waals surface area contributed by atoms with Crippen LogP contribution in [0.5, 0.6) is 0 Å². The van der Waals surface area contributed by atoms with Crippen LogP contribution in [0.15, 0.2) is 24.3 Å². The van der Waals surface area contributed by atoms with Crippen LogP contribution in [0.1, 0.15) is 56.6 Å². The largest absolute Gasteiger partial charge is 0.342 e. The highest BCUT2D eigenvalue weighted by atomic mass is 16.2. The van der Waals surface area contributed by atoms with Gasteiger partial charge in [0.15, 0.2) is 0 Å². The molecule has 1 aromatic rings. The van der Waals surface area contributed by atoms with Gasteiger partial charge in [-0.25, -0.2) is 0 Å². The fourth-order valence-electron chi connectivity index (χ4n) is 4.26. The second-order valence-electron chi connectivity index (χ2n) is 7.43. The second-order valence-corrected chi connectivity index (χ2v) is 7.43. The van der Waals surface area contributed by atoms with E-state index in [0.29, 0.717) is 18.5 Å². The van der Waals surface area contributed by atoms with Crippen molar-refractivity contribution in [2.24, 2.45) is 0 Å². The third kappa shape index (κ3) is 4.38. The average Bonchev–Trinajstić information content (AvgIpc) is 2.90. The van der Waals surface area contributed by atoms with Gasteiger partial charge in [0, 0.05) is 19.1 Å². The summed E-state index contributed by atoms with van der Waals surface area (Å²) in [6.07, 6.45) is 9.47. The van der Waals surface area contributed by atoms with E-state index in [9.17, 15) is 4.79 Å². The van der Waals surface area contributed by atoms with E-state index in [4.69, 9.17) is 0 Å². The van der Waals surface area contributed by atoms with Crippen molar-refractivity contribution in [1.29, 1.82) is 0 Å². The summed E-state index contributed by atoms with van der Waals surface area (Å²) in [6.45, 7) is 5.80. The van der Waals surface area contributed by atoms with Crippen LogP contribution < -0.4 is 0 Å². The van der Waals surface area contributed by atoms with Crippen LogP contribution in [0, 0.1) is 0 Å². The first-order valence-corrected chi connectivity index (χ1v) is 9.86. The van der Waals surface area contributed by atoms with Gasteiger partial charge >= 0.3 is 0 Å². The molecular weight excluding hydrogens is 296 g/mol. The van der Waals surface area contributed by atoms with Crippen molar-refractivity contribution in [3.63, 3.8) is 0 Å². The Kier molecular flexibility index (Phi) is 6.30. The molecule has 0 spiro atoms. The van der Waals surface area contributed by atoms with Gasteiger partial charge in [0.25, 0.3) is 0 Å². The van der Waals surface area contributed by atoms with Gasteiger partial charge in [0.05, 0.1) is 6.54 Å². The molecule has 3 rings (SSSR count). The minimum Gasteiger partial charge on any atom is -0.342 e. The number of carbonyl (C=O) groups excluding carboxylic acids is 1. The number of hydrogen-bond acceptors (Lipinski definition) is 2. The maximum Gasteiger partial charge on any atom is 0.236 e. The number of carbonyl (C=O) groups is 1. The molecule has 0 saturated carbocycles. The van der Waals surface area contributed by atoms with E-state index in [1.54, 1.807) is 0 Å². The monoisotopic (exact) mass is 328 g/mol. The Morgan fingerprint density at radius 2 is 1.83 bits per heavy atom. The van der Waals surface area contributed by atoms with E-state index >= 15 is 0 Å². The van der Waals surface area contributed by atoms with Crippen LogP contribution in [-0.4, -0.2) is 47.9 Å². The molecule has 0 aromatic heterocycles. The van der Waals surface area contributed by atoms with Gasteiger partial charge in [-0.15, -0.1) is 0 Å². The van der Waals surface area contributed by atoms with Crippen LogP contribution in [-0.2, 0) is 17.6 Å². The molecule has 3 nitrogen and oxygen atoms in total. The van der Waals surface area contributed by atoms with E-state index in [1.165, 1.54) is 43.2 Å². The Morgan fingerprint density at radius 3 is 2.54 bits per heavy atom. The quantitative estimate of drug-likeness (QED) is 0.823. The molecule has 1 aliphatic carbocycles. The second kappa shape index (κ2) is 8.66. The van der Waals surface area contributed by atoms with Crippen LogP contribution in [0.4, 0.5) is 0 Å². The summed E-state index contributed by atoms with van der Waals surface area (Å²) in [7, 11) is 0. The van der Waals surface area contributed by atoms with Crippen LogP contribution in [0.25, 0.3) is 0 Å². The van der Waals surface area contributed by atoms with E-state index in [2.05, 4.69) is 41.0 Å². The van der Waals surface area contributed by atoms with Crippen molar-refractivity contribution in [2.45, 2.75) is 64.3 Å². The van der Waals surface area contributed by atoms with Gasteiger partial charge in [-0.05, 0) is 56.2 Å². The number of hydrogen-bond donors (Lipinski definition) is 0. The highest BCUT2D eigenvalue weighted by Crippen LogP contribution is 2.25. The Labute approximate surface area is 147 Å². The molecule has 1 aromatic carbocycles. The highest BCUT2D eigenvalue weighted by Gasteiger charge is 2.26. The maximum atomic E-state index is 12.8. The number of amides is 1. The zero-order chi connectivity index (χ0) is 16.8. The molecule has 3 heteroatoms. The normalized spacial score (nSPS) is 21.4. The Bertz CT molecular complexity index is 534. The summed E-state index contributed by atoms with van der Waals surface area (Å²) in [6, 6.07) is 9.34. The molecule has 2 aliphatic rings. The van der Waals surface area contributed by atoms with Crippen molar-refractivity contribution >= 4 is 5.91 Å². The van der Waals surface area contributed by atoms with Gasteiger partial charge in [0.1, 0.15) is 0 Å². The average molecular weight is 328 g/mol. The maximum absolute atomic E-state index is 12.8. The van der Waals surface area contributed by atoms with E-state index < -0.39 is 0 Å². The molecular formula is C21H32N2O. The first-order chi connectivity index (χ1) is 11.8. The molecule has 1 heterocycles. The summed E-state index contributed by atoms with van der Waals surface area (Å²) in [4.78, 5) is 17.4. The third-order valence-electron chi connectivity index (χ3n) is 5.65. The van der Waals surface area contributed by atoms with Gasteiger partial charge < -0.3 is 4.90 Å². The first kappa shape index (κ1) is 17.5. The number of fused-ring (bicyclic) bond motifs is 1. The van der Waals surface area contributed by atoms with Crippen LogP contribution in [0.3, 0.4) is 0 Å². The smallest absolute Gasteiger partial charge is 0.236 e. The Morgan fingerprint density at radius 1 is 1.12 bits per heavy atom. The summed E-state index contributed by atoms with van der Waals surface area (Å²) in [5.74, 6) is 0.351. The van der Waals surface area contributed by atoms with Gasteiger partial charge in [-0.2, -0.15) is 0 Å². The van der Waals surface area contributed by atoms with Crippen molar-refractivity contribution in [1.82, 2.24) is 9.80 Å². The standard InChI is InChI=1S/C21H32N2O/c1-2-13-23(17-21(24)22-14-7-3-4-8-15-22)20-12-11-18-9-5-6-10-19(18)16-20/h5-6,9-10,20H,2-4,7-8,11-17H2,1H3. The van der Waals surface area contributed by atoms with Gasteiger partial charge in [-0.3, -0.25) is 9.69 Å². The molecule has 1 saturated heterocycles. The molecule has 1 amide bonds. The molecule has 1 unspecified atom stereocenters. The van der Waals surface area contributed by atoms with Crippen molar-refractivity contribution in [3.8, 4) is 0 Å². The van der Waals surface area contributed by atoms with Crippen molar-refractivity contribution in [2.75, 3.05) is 26.2 Å². The SMILES string of the molecule is CCCN(CC(=O)N1CCCCCC1)C1CCc2ccccc2C1. The summed E-state index contributed by atoms with van der Waals surface area (Å²) in [5, 5.41) is 0. The lowest BCUT2D eigenvalue weighted by Crippen LogP contribution is -2.47. The van der Waals surface area contributed by atoms with E-state index in [1.807, 2.05) is 0 Å². The zero-order valence-electron chi connectivity index (χ0n) is 15.2. The highest BCUT2D eigenvalue weighted by molar-refractivity contribution is 5.78. The Balaban J connectivity index is 1.63. The molecule has 1 atom stereocenters. The number of rotatable bonds is 5. The number of benzene rings is 1. The lowest BCUT2D eigenvalue weighted by atomic mass is 9.87. The number of aryl methyl sites for hydroxylation is 1. The summed E-state index contributed by atoms with van der Waals surface area (Å²) in [5.41, 5.74) is 2.99. The molecule has 24 heavy (non-hydrogen) atoms. The fraction of sp³-hybridized carbons (Fsp3) is 0.667. The third-order valence-corrected chi connectivity index (χ3v) is 5.65. The molecule has 1 fully saturated rings. The topological polar surface area (TPSA) is 23.6 Å². The number of nitrogens with zero attached hydrogens (tertiary/aromatic N) is 2. The summed E-state index contributed by atoms with van der Waals surface area (Å²) >= 11 is 0. The molecule has 0 radical (unpaired) electrons.